The highest BCUT2D eigenvalue weighted by atomic mass is 19.3. The second-order valence-corrected chi connectivity index (χ2v) is 25.4. The Labute approximate surface area is 617 Å². The molecule has 0 aliphatic carbocycles. The van der Waals surface area contributed by atoms with Crippen LogP contribution in [0.4, 0.5) is 4.53 Å². The minimum Gasteiger partial charge on any atom is -0.480 e. The van der Waals surface area contributed by atoms with Gasteiger partial charge in [0.05, 0.1) is 31.3 Å². The lowest BCUT2D eigenvalue weighted by Gasteiger charge is -2.21. The van der Waals surface area contributed by atoms with E-state index in [1.165, 1.54) is 19.8 Å². The smallest absolute Gasteiger partial charge is 0.329 e. The van der Waals surface area contributed by atoms with Crippen molar-refractivity contribution in [3.63, 3.8) is 0 Å². The van der Waals surface area contributed by atoms with Crippen molar-refractivity contribution in [1.29, 1.82) is 0 Å². The predicted octanol–water partition coefficient (Wildman–Crippen LogP) is 14.8. The molecular weight excluding hydrogens is 1350 g/mol. The number of amides is 2. The van der Waals surface area contributed by atoms with Crippen molar-refractivity contribution in [2.45, 2.75) is 111 Å². The number of nitrogens with zero attached hydrogens (tertiary/aromatic N) is 8. The number of carboxylic acid groups (broad SMARTS) is 1. The molecule has 21 nitrogen and oxygen atoms in total. The van der Waals surface area contributed by atoms with Crippen LogP contribution in [0.25, 0.3) is 34.4 Å². The summed E-state index contributed by atoms with van der Waals surface area (Å²) in [6.07, 6.45) is 14.5. The molecule has 0 radical (unpaired) electrons. The molecule has 106 heavy (non-hydrogen) atoms. The van der Waals surface area contributed by atoms with Gasteiger partial charge in [0.1, 0.15) is 35.4 Å². The van der Waals surface area contributed by atoms with E-state index >= 15 is 0 Å². The molecule has 6 heterocycles. The Morgan fingerprint density at radius 2 is 0.726 bits per heavy atom. The Kier molecular flexibility index (Phi) is 29.2. The van der Waals surface area contributed by atoms with Crippen LogP contribution in [0, 0.1) is 20.8 Å². The van der Waals surface area contributed by atoms with Crippen LogP contribution in [0.5, 0.6) is 0 Å². The Balaban J connectivity index is 0.000000199. The van der Waals surface area contributed by atoms with Crippen molar-refractivity contribution < 1.29 is 63.1 Å². The van der Waals surface area contributed by atoms with Crippen LogP contribution in [0.1, 0.15) is 101 Å². The van der Waals surface area contributed by atoms with Gasteiger partial charge in [0.25, 0.3) is 0 Å². The van der Waals surface area contributed by atoms with E-state index in [1.54, 1.807) is 35.7 Å². The average Bonchev–Trinajstić information content (AvgIpc) is 1.56. The fourth-order valence-corrected chi connectivity index (χ4v) is 12.1. The van der Waals surface area contributed by atoms with Gasteiger partial charge in [-0.3, -0.25) is 9.59 Å². The van der Waals surface area contributed by atoms with Gasteiger partial charge in [-0.2, -0.15) is 0 Å². The van der Waals surface area contributed by atoms with Gasteiger partial charge in [0.15, 0.2) is 0 Å². The monoisotopic (exact) mass is 1440 g/mol. The lowest BCUT2D eigenvalue weighted by Crippen LogP contribution is -2.30. The van der Waals surface area contributed by atoms with E-state index in [2.05, 4.69) is 44.5 Å². The minimum absolute atomic E-state index is 0. The normalized spacial score (nSPS) is 11.7. The predicted molar refractivity (Wildman–Crippen MR) is 403 cm³/mol. The molecule has 3 atom stereocenters. The van der Waals surface area contributed by atoms with Gasteiger partial charge >= 0.3 is 17.9 Å². The van der Waals surface area contributed by atoms with E-state index < -0.39 is 18.1 Å². The van der Waals surface area contributed by atoms with E-state index in [0.717, 1.165) is 98.4 Å². The first kappa shape index (κ1) is 78.1. The van der Waals surface area contributed by atoms with E-state index in [1.807, 2.05) is 236 Å². The molecule has 0 saturated carbocycles. The number of carboxylic acids is 1. The summed E-state index contributed by atoms with van der Waals surface area (Å²) < 4.78 is 41.5. The molecule has 12 rings (SSSR count). The first-order valence-corrected chi connectivity index (χ1v) is 34.9. The van der Waals surface area contributed by atoms with Crippen molar-refractivity contribution in [3.8, 4) is 34.4 Å². The molecule has 6 aromatic carbocycles. The Morgan fingerprint density at radius 3 is 1.04 bits per heavy atom. The van der Waals surface area contributed by atoms with Crippen molar-refractivity contribution in [1.82, 2.24) is 43.8 Å². The standard InChI is InChI=1S/C29H31N3O4.C28H29N3O4.C27H29N3O3.FHO.H2/c1-21-26(30-28(36-21)25-9-5-4-6-10-25)15-18-32(22(2)33)20-24-13-11-23(12-14-24)19-27(29(34)35-3)31-16-7-8-17-31;1-20-25(29-27(35-20)24-8-4-3-5-9-24)14-17-31(21(2)32)19-23-12-10-22(11-13-23)18-26(28(33)34)30-15-6-7-16-30;1-20-24(29-26(33-20)23-8-4-3-5-9-23)14-15-28-19-22-12-10-21(11-13-22)18-25(27(31)32-2)30-16-6-7-17-30;1-2;/h4-14,16-17,27H,15,18-20H2,1-3H3;3-13,15-16,26H,14,17-19H2,1-2H3,(H,33,34);3-13,16-17,25,28H,14-15,18-19H2,1-2H3;2H;1H/t27-;26-;25-;;/m000../s1/i;;;;1+2. The lowest BCUT2D eigenvalue weighted by atomic mass is 10.0. The maximum atomic E-state index is 12.4. The van der Waals surface area contributed by atoms with Crippen molar-refractivity contribution in [2.24, 2.45) is 0 Å². The Hall–Kier alpha value is -12.0. The molecule has 0 unspecified atom stereocenters. The van der Waals surface area contributed by atoms with Gasteiger partial charge in [-0.25, -0.2) is 34.6 Å². The molecule has 0 bridgehead atoms. The minimum atomic E-state index is -0.869. The molecule has 552 valence electrons. The molecule has 6 aromatic heterocycles. The first-order valence-electron chi connectivity index (χ1n) is 34.9. The van der Waals surface area contributed by atoms with Crippen LogP contribution in [0.2, 0.25) is 0 Å². The molecule has 2 amide bonds. The number of aliphatic carboxylic acids is 1. The Bertz CT molecular complexity index is 4650. The average molecular weight is 1440 g/mol. The number of hydrogen-bond acceptors (Lipinski definition) is 15. The zero-order valence-corrected chi connectivity index (χ0v) is 60.7. The lowest BCUT2D eigenvalue weighted by molar-refractivity contribution is -0.145. The van der Waals surface area contributed by atoms with Gasteiger partial charge in [-0.1, -0.05) is 132 Å². The summed E-state index contributed by atoms with van der Waals surface area (Å²) in [6.45, 7) is 12.5. The van der Waals surface area contributed by atoms with Crippen molar-refractivity contribution >= 4 is 29.7 Å². The van der Waals surface area contributed by atoms with Crippen LogP contribution in [-0.2, 0) is 91.6 Å². The number of oxazole rings is 3. The highest BCUT2D eigenvalue weighted by Gasteiger charge is 2.25. The number of nitrogens with one attached hydrogen (secondary N) is 1. The number of benzene rings is 6. The molecule has 0 aliphatic rings. The van der Waals surface area contributed by atoms with E-state index in [0.29, 0.717) is 76.0 Å². The topological polar surface area (TPSA) is 256 Å². The molecular formula is C84H92FN9O12. The van der Waals surface area contributed by atoms with Crippen molar-refractivity contribution in [2.75, 3.05) is 33.9 Å². The van der Waals surface area contributed by atoms with Crippen molar-refractivity contribution in [3.05, 3.63) is 305 Å². The fraction of sp³-hybridized carbons (Fsp3) is 0.262. The largest absolute Gasteiger partial charge is 0.480 e. The summed E-state index contributed by atoms with van der Waals surface area (Å²) in [5.74, 6) is 2.84. The van der Waals surface area contributed by atoms with Gasteiger partial charge in [0.2, 0.25) is 29.5 Å². The summed E-state index contributed by atoms with van der Waals surface area (Å²) in [6, 6.07) is 63.4. The van der Waals surface area contributed by atoms with Crippen LogP contribution >= 0.6 is 0 Å². The molecule has 0 fully saturated rings. The number of rotatable bonds is 30. The third-order valence-corrected chi connectivity index (χ3v) is 18.0. The molecule has 0 aliphatic heterocycles. The molecule has 0 saturated heterocycles. The quantitative estimate of drug-likeness (QED) is 0.0279. The van der Waals surface area contributed by atoms with E-state index in [4.69, 9.17) is 32.6 Å². The van der Waals surface area contributed by atoms with E-state index in [9.17, 15) is 29.1 Å². The number of methoxy groups -OCH3 is 2. The van der Waals surface area contributed by atoms with Crippen LogP contribution < -0.4 is 5.32 Å². The number of carbonyl (C=O) groups excluding carboxylic acids is 4. The zero-order chi connectivity index (χ0) is 75.3. The SMILES string of the molecule is CC(=O)N(CCc1nc(-c2ccccc2)oc1C)Cc1ccc(C[C@@H](C(=O)O)n2cccc2)cc1.COC(=O)[C@H](Cc1ccc(CN(CCc2nc(-c3ccccc3)oc2C)C(C)=O)cc1)n1cccc1.COC(=O)[C@H](Cc1ccc(CNCCc2nc(-c3ccccc3)oc2C)cc1)n1cccc1.OF.[3HH]. The van der Waals surface area contributed by atoms with Gasteiger partial charge < -0.3 is 56.6 Å². The number of aryl methyl sites for hydroxylation is 3. The third-order valence-electron chi connectivity index (χ3n) is 18.0. The summed E-state index contributed by atoms with van der Waals surface area (Å²) in [4.78, 5) is 78.4. The first-order chi connectivity index (χ1) is 51.5. The van der Waals surface area contributed by atoms with Crippen LogP contribution in [-0.4, -0.2) is 112 Å². The zero-order valence-electron chi connectivity index (χ0n) is 60.7. The second kappa shape index (κ2) is 39.6. The maximum absolute atomic E-state index is 12.4. The summed E-state index contributed by atoms with van der Waals surface area (Å²) in [7, 11) is 2.83. The van der Waals surface area contributed by atoms with E-state index in [-0.39, 0.29) is 31.2 Å². The summed E-state index contributed by atoms with van der Waals surface area (Å²) in [5.41, 5.74) is 11.8. The number of halogens is 1. The van der Waals surface area contributed by atoms with Gasteiger partial charge in [-0.15, -0.1) is 0 Å². The molecule has 22 heteroatoms. The Morgan fingerprint density at radius 1 is 0.434 bits per heavy atom. The van der Waals surface area contributed by atoms with Gasteiger partial charge in [0, 0.05) is 147 Å². The number of hydrogen-bond donors (Lipinski definition) is 3. The summed E-state index contributed by atoms with van der Waals surface area (Å²) >= 11 is 0. The third kappa shape index (κ3) is 22.5. The van der Waals surface area contributed by atoms with Gasteiger partial charge in [-0.05, 0) is 127 Å². The highest BCUT2D eigenvalue weighted by molar-refractivity contribution is 5.76. The highest BCUT2D eigenvalue weighted by Crippen LogP contribution is 2.27. The molecule has 0 spiro atoms. The molecule has 12 aromatic rings. The number of ether oxygens (including phenoxy) is 2. The number of carbonyl (C=O) groups is 5. The second-order valence-electron chi connectivity index (χ2n) is 25.4. The summed E-state index contributed by atoms with van der Waals surface area (Å²) in [5, 5.41) is 18.6. The number of esters is 2. The molecule has 3 N–H and O–H groups in total. The fourth-order valence-electron chi connectivity index (χ4n) is 12.1. The maximum Gasteiger partial charge on any atom is 0.329 e. The number of aromatic nitrogens is 6. The van der Waals surface area contributed by atoms with Crippen LogP contribution in [0.15, 0.2) is 251 Å². The van der Waals surface area contributed by atoms with Crippen LogP contribution in [0.3, 0.4) is 0 Å².